The SMILES string of the molecule is Cc1cc(C)cc(N(C)C(CN)c2cc(Cl)cc(Cl)c2)c1. The molecule has 0 aromatic heterocycles. The van der Waals surface area contributed by atoms with Crippen LogP contribution in [0.25, 0.3) is 0 Å². The zero-order chi connectivity index (χ0) is 15.6. The van der Waals surface area contributed by atoms with Gasteiger partial charge in [-0.15, -0.1) is 0 Å². The van der Waals surface area contributed by atoms with Gasteiger partial charge in [0.1, 0.15) is 0 Å². The van der Waals surface area contributed by atoms with E-state index in [0.717, 1.165) is 11.3 Å². The van der Waals surface area contributed by atoms with Crippen LogP contribution in [0.4, 0.5) is 5.69 Å². The first-order chi connectivity index (χ1) is 9.90. The Morgan fingerprint density at radius 1 is 0.952 bits per heavy atom. The number of likely N-dealkylation sites (N-methyl/N-ethyl adjacent to an activating group) is 1. The molecule has 2 rings (SSSR count). The lowest BCUT2D eigenvalue weighted by atomic mass is 10.0. The first-order valence-corrected chi connectivity index (χ1v) is 7.63. The van der Waals surface area contributed by atoms with Crippen LogP contribution in [0.3, 0.4) is 0 Å². The third-order valence-corrected chi connectivity index (χ3v) is 4.01. The van der Waals surface area contributed by atoms with Crippen LogP contribution >= 0.6 is 23.2 Å². The summed E-state index contributed by atoms with van der Waals surface area (Å²) in [5.74, 6) is 0. The molecule has 0 fully saturated rings. The second-order valence-electron chi connectivity index (χ2n) is 5.41. The van der Waals surface area contributed by atoms with Gasteiger partial charge in [-0.1, -0.05) is 29.3 Å². The molecule has 0 heterocycles. The Hall–Kier alpha value is -1.22. The van der Waals surface area contributed by atoms with Crippen molar-refractivity contribution >= 4 is 28.9 Å². The lowest BCUT2D eigenvalue weighted by molar-refractivity contribution is 0.680. The van der Waals surface area contributed by atoms with Crippen molar-refractivity contribution in [2.45, 2.75) is 19.9 Å². The number of hydrogen-bond donors (Lipinski definition) is 1. The van der Waals surface area contributed by atoms with E-state index in [2.05, 4.69) is 36.9 Å². The summed E-state index contributed by atoms with van der Waals surface area (Å²) in [6.07, 6.45) is 0. The monoisotopic (exact) mass is 322 g/mol. The molecule has 0 saturated carbocycles. The van der Waals surface area contributed by atoms with Gasteiger partial charge in [0.15, 0.2) is 0 Å². The second-order valence-corrected chi connectivity index (χ2v) is 6.28. The van der Waals surface area contributed by atoms with Crippen molar-refractivity contribution in [2.24, 2.45) is 5.73 Å². The Labute approximate surface area is 136 Å². The molecule has 2 aromatic carbocycles. The van der Waals surface area contributed by atoms with Crippen LogP contribution < -0.4 is 10.6 Å². The van der Waals surface area contributed by atoms with Crippen LogP contribution in [0.15, 0.2) is 36.4 Å². The van der Waals surface area contributed by atoms with E-state index in [4.69, 9.17) is 28.9 Å². The summed E-state index contributed by atoms with van der Waals surface area (Å²) < 4.78 is 0. The normalized spacial score (nSPS) is 12.3. The van der Waals surface area contributed by atoms with Crippen LogP contribution in [0.2, 0.25) is 10.0 Å². The summed E-state index contributed by atoms with van der Waals surface area (Å²) in [4.78, 5) is 2.17. The van der Waals surface area contributed by atoms with Crippen molar-refractivity contribution in [2.75, 3.05) is 18.5 Å². The molecule has 2 aromatic rings. The number of rotatable bonds is 4. The van der Waals surface area contributed by atoms with Crippen molar-refractivity contribution in [3.63, 3.8) is 0 Å². The van der Waals surface area contributed by atoms with Gasteiger partial charge in [0.25, 0.3) is 0 Å². The van der Waals surface area contributed by atoms with Gasteiger partial charge in [-0.05, 0) is 60.9 Å². The summed E-state index contributed by atoms with van der Waals surface area (Å²) in [5, 5.41) is 1.26. The van der Waals surface area contributed by atoms with Crippen molar-refractivity contribution in [3.8, 4) is 0 Å². The molecule has 2 nitrogen and oxygen atoms in total. The molecular weight excluding hydrogens is 303 g/mol. The number of anilines is 1. The molecule has 1 unspecified atom stereocenters. The first kappa shape index (κ1) is 16.2. The third kappa shape index (κ3) is 3.91. The van der Waals surface area contributed by atoms with Gasteiger partial charge in [0.05, 0.1) is 6.04 Å². The van der Waals surface area contributed by atoms with E-state index in [-0.39, 0.29) is 6.04 Å². The van der Waals surface area contributed by atoms with Gasteiger partial charge in [0.2, 0.25) is 0 Å². The van der Waals surface area contributed by atoms with Gasteiger partial charge < -0.3 is 10.6 Å². The maximum absolute atomic E-state index is 6.11. The number of halogens is 2. The third-order valence-electron chi connectivity index (χ3n) is 3.57. The molecule has 0 saturated heterocycles. The smallest absolute Gasteiger partial charge is 0.0662 e. The summed E-state index contributed by atoms with van der Waals surface area (Å²) in [7, 11) is 2.04. The van der Waals surface area contributed by atoms with Crippen LogP contribution in [0.5, 0.6) is 0 Å². The molecule has 0 spiro atoms. The van der Waals surface area contributed by atoms with E-state index in [9.17, 15) is 0 Å². The molecule has 0 aliphatic rings. The number of nitrogens with two attached hydrogens (primary N) is 1. The topological polar surface area (TPSA) is 29.3 Å². The van der Waals surface area contributed by atoms with Gasteiger partial charge >= 0.3 is 0 Å². The molecule has 4 heteroatoms. The minimum Gasteiger partial charge on any atom is -0.366 e. The van der Waals surface area contributed by atoms with Crippen molar-refractivity contribution in [3.05, 3.63) is 63.1 Å². The van der Waals surface area contributed by atoms with Gasteiger partial charge in [-0.3, -0.25) is 0 Å². The van der Waals surface area contributed by atoms with E-state index in [0.29, 0.717) is 16.6 Å². The Morgan fingerprint density at radius 2 is 1.48 bits per heavy atom. The van der Waals surface area contributed by atoms with Gasteiger partial charge in [0, 0.05) is 29.3 Å². The molecular formula is C17H20Cl2N2. The lowest BCUT2D eigenvalue weighted by Crippen LogP contribution is -2.30. The number of nitrogens with zero attached hydrogens (tertiary/aromatic N) is 1. The van der Waals surface area contributed by atoms with Crippen LogP contribution in [0.1, 0.15) is 22.7 Å². The van der Waals surface area contributed by atoms with E-state index < -0.39 is 0 Å². The van der Waals surface area contributed by atoms with Crippen LogP contribution in [-0.4, -0.2) is 13.6 Å². The lowest BCUT2D eigenvalue weighted by Gasteiger charge is -2.30. The van der Waals surface area contributed by atoms with Gasteiger partial charge in [-0.2, -0.15) is 0 Å². The summed E-state index contributed by atoms with van der Waals surface area (Å²) in [6, 6.07) is 12.1. The Morgan fingerprint density at radius 3 is 1.95 bits per heavy atom. The first-order valence-electron chi connectivity index (χ1n) is 6.88. The molecule has 21 heavy (non-hydrogen) atoms. The van der Waals surface area contributed by atoms with E-state index in [1.165, 1.54) is 11.1 Å². The zero-order valence-electron chi connectivity index (χ0n) is 12.5. The Kier molecular flexibility index (Phi) is 5.15. The zero-order valence-corrected chi connectivity index (χ0v) is 14.0. The number of hydrogen-bond acceptors (Lipinski definition) is 2. The predicted octanol–water partition coefficient (Wildman–Crippen LogP) is 4.75. The Balaban J connectivity index is 2.40. The molecule has 0 radical (unpaired) electrons. The van der Waals surface area contributed by atoms with Crippen LogP contribution in [-0.2, 0) is 0 Å². The fourth-order valence-electron chi connectivity index (χ4n) is 2.62. The summed E-state index contributed by atoms with van der Waals surface area (Å²) in [5.41, 5.74) is 10.6. The average molecular weight is 323 g/mol. The molecule has 2 N–H and O–H groups in total. The standard InChI is InChI=1S/C17H20Cl2N2/c1-11-4-12(2)6-16(5-11)21(3)17(10-20)13-7-14(18)9-15(19)8-13/h4-9,17H,10,20H2,1-3H3. The minimum absolute atomic E-state index is 0.0300. The average Bonchev–Trinajstić information content (AvgIpc) is 2.37. The quantitative estimate of drug-likeness (QED) is 0.880. The van der Waals surface area contributed by atoms with Crippen molar-refractivity contribution < 1.29 is 0 Å². The highest BCUT2D eigenvalue weighted by Gasteiger charge is 2.17. The summed E-state index contributed by atoms with van der Waals surface area (Å²) in [6.45, 7) is 4.68. The highest BCUT2D eigenvalue weighted by Crippen LogP contribution is 2.30. The molecule has 0 aliphatic heterocycles. The summed E-state index contributed by atoms with van der Waals surface area (Å²) >= 11 is 12.2. The fourth-order valence-corrected chi connectivity index (χ4v) is 3.16. The number of aryl methyl sites for hydroxylation is 2. The molecule has 112 valence electrons. The highest BCUT2D eigenvalue weighted by molar-refractivity contribution is 6.34. The van der Waals surface area contributed by atoms with Crippen LogP contribution in [0, 0.1) is 13.8 Å². The fraction of sp³-hybridized carbons (Fsp3) is 0.294. The maximum Gasteiger partial charge on any atom is 0.0662 e. The predicted molar refractivity (Wildman–Crippen MR) is 92.6 cm³/mol. The molecule has 0 amide bonds. The van der Waals surface area contributed by atoms with Crippen molar-refractivity contribution in [1.82, 2.24) is 0 Å². The van der Waals surface area contributed by atoms with Crippen molar-refractivity contribution in [1.29, 1.82) is 0 Å². The van der Waals surface area contributed by atoms with E-state index in [1.54, 1.807) is 6.07 Å². The maximum atomic E-state index is 6.11. The van der Waals surface area contributed by atoms with Gasteiger partial charge in [-0.25, -0.2) is 0 Å². The number of benzene rings is 2. The largest absolute Gasteiger partial charge is 0.366 e. The van der Waals surface area contributed by atoms with E-state index >= 15 is 0 Å². The van der Waals surface area contributed by atoms with E-state index in [1.807, 2.05) is 19.2 Å². The second kappa shape index (κ2) is 6.69. The minimum atomic E-state index is 0.0300. The Bertz CT molecular complexity index is 600. The molecule has 0 aliphatic carbocycles. The highest BCUT2D eigenvalue weighted by atomic mass is 35.5. The molecule has 0 bridgehead atoms. The molecule has 1 atom stereocenters.